The lowest BCUT2D eigenvalue weighted by molar-refractivity contribution is 0.0976. The van der Waals surface area contributed by atoms with Gasteiger partial charge in [-0.05, 0) is 18.6 Å². The molecule has 1 aromatic carbocycles. The summed E-state index contributed by atoms with van der Waals surface area (Å²) in [5, 5.41) is 0. The fraction of sp³-hybridized carbons (Fsp3) is 0.462. The molecule has 1 aliphatic heterocycles. The van der Waals surface area contributed by atoms with Crippen molar-refractivity contribution in [1.82, 2.24) is 0 Å². The lowest BCUT2D eigenvalue weighted by atomic mass is 10.1. The van der Waals surface area contributed by atoms with Crippen molar-refractivity contribution < 1.29 is 9.00 Å². The quantitative estimate of drug-likeness (QED) is 0.787. The highest BCUT2D eigenvalue weighted by Crippen LogP contribution is 2.42. The van der Waals surface area contributed by atoms with Gasteiger partial charge in [-0.3, -0.25) is 9.00 Å². The van der Waals surface area contributed by atoms with Gasteiger partial charge in [-0.2, -0.15) is 0 Å². The second-order valence-corrected chi connectivity index (χ2v) is 7.65. The van der Waals surface area contributed by atoms with E-state index in [-0.39, 0.29) is 5.78 Å². The molecule has 0 spiro atoms. The van der Waals surface area contributed by atoms with Crippen molar-refractivity contribution in [1.29, 1.82) is 0 Å². The molecule has 2 atom stereocenters. The lowest BCUT2D eigenvalue weighted by Crippen LogP contribution is -2.36. The molecule has 1 aromatic rings. The molecular weight excluding hydrogens is 252 g/mol. The zero-order valence-corrected chi connectivity index (χ0v) is 11.5. The van der Waals surface area contributed by atoms with Crippen LogP contribution in [0.25, 0.3) is 0 Å². The molecule has 0 amide bonds. The van der Waals surface area contributed by atoms with Crippen LogP contribution in [0.3, 0.4) is 0 Å². The van der Waals surface area contributed by atoms with Crippen LogP contribution in [0.4, 0.5) is 0 Å². The Bertz CT molecular complexity index is 430. The van der Waals surface area contributed by atoms with Crippen LogP contribution < -0.4 is 0 Å². The van der Waals surface area contributed by atoms with Gasteiger partial charge >= 0.3 is 0 Å². The molecule has 92 valence electrons. The van der Waals surface area contributed by atoms with E-state index < -0.39 is 14.9 Å². The van der Waals surface area contributed by atoms with Crippen LogP contribution >= 0.6 is 11.8 Å². The molecule has 1 saturated heterocycles. The summed E-state index contributed by atoms with van der Waals surface area (Å²) in [5.74, 6) is 1.52. The van der Waals surface area contributed by atoms with E-state index >= 15 is 0 Å². The van der Waals surface area contributed by atoms with E-state index in [1.54, 1.807) is 11.8 Å². The number of rotatable bonds is 4. The molecule has 1 heterocycles. The summed E-state index contributed by atoms with van der Waals surface area (Å²) in [6, 6.07) is 9.23. The average Bonchev–Trinajstić information content (AvgIpc) is 2.73. The molecule has 0 aromatic heterocycles. The van der Waals surface area contributed by atoms with Crippen LogP contribution in [-0.2, 0) is 10.8 Å². The fourth-order valence-electron chi connectivity index (χ4n) is 2.18. The van der Waals surface area contributed by atoms with E-state index in [2.05, 4.69) is 0 Å². The van der Waals surface area contributed by atoms with Gasteiger partial charge in [0.15, 0.2) is 9.86 Å². The molecule has 17 heavy (non-hydrogen) atoms. The molecule has 2 nitrogen and oxygen atoms in total. The highest BCUT2D eigenvalue weighted by atomic mass is 32.2. The van der Waals surface area contributed by atoms with Crippen LogP contribution in [0.2, 0.25) is 0 Å². The van der Waals surface area contributed by atoms with Crippen LogP contribution in [-0.4, -0.2) is 25.6 Å². The van der Waals surface area contributed by atoms with Gasteiger partial charge < -0.3 is 0 Å². The second kappa shape index (κ2) is 5.36. The predicted octanol–water partition coefficient (Wildman–Crippen LogP) is 2.86. The fourth-order valence-corrected chi connectivity index (χ4v) is 5.74. The largest absolute Gasteiger partial charge is 0.292 e. The van der Waals surface area contributed by atoms with Gasteiger partial charge in [0.05, 0.1) is 0 Å². The summed E-state index contributed by atoms with van der Waals surface area (Å²) in [5.41, 5.74) is 0.684. The molecule has 0 saturated carbocycles. The number of carbonyl (C=O) groups excluding carboxylic acids is 1. The first kappa shape index (κ1) is 12.8. The van der Waals surface area contributed by atoms with Gasteiger partial charge in [0.2, 0.25) is 0 Å². The Morgan fingerprint density at radius 2 is 2.12 bits per heavy atom. The van der Waals surface area contributed by atoms with E-state index in [1.807, 2.05) is 37.3 Å². The summed E-state index contributed by atoms with van der Waals surface area (Å²) in [7, 11) is -1.04. The number of Topliss-reactive ketones (excluding diaryl/α,β-unsaturated/α-hetero) is 1. The highest BCUT2D eigenvalue weighted by molar-refractivity contribution is 8.13. The first-order valence-electron chi connectivity index (χ1n) is 5.83. The molecular formula is C13H16O2S2. The summed E-state index contributed by atoms with van der Waals surface area (Å²) in [6.45, 7) is 2.01. The topological polar surface area (TPSA) is 34.1 Å². The summed E-state index contributed by atoms with van der Waals surface area (Å²) < 4.78 is 11.5. The molecule has 1 fully saturated rings. The Hall–Kier alpha value is -0.610. The predicted molar refractivity (Wildman–Crippen MR) is 73.9 cm³/mol. The first-order chi connectivity index (χ1) is 8.20. The van der Waals surface area contributed by atoms with Crippen LogP contribution in [0.15, 0.2) is 30.3 Å². The molecule has 2 rings (SSSR count). The van der Waals surface area contributed by atoms with Crippen molar-refractivity contribution in [2.45, 2.75) is 23.8 Å². The third-order valence-corrected chi connectivity index (χ3v) is 6.80. The maximum absolute atomic E-state index is 12.6. The number of hydrogen-bond donors (Lipinski definition) is 0. The van der Waals surface area contributed by atoms with E-state index in [0.29, 0.717) is 11.3 Å². The van der Waals surface area contributed by atoms with E-state index in [4.69, 9.17) is 0 Å². The van der Waals surface area contributed by atoms with Crippen molar-refractivity contribution in [3.05, 3.63) is 35.9 Å². The van der Waals surface area contributed by atoms with Gasteiger partial charge in [-0.15, -0.1) is 11.8 Å². The van der Waals surface area contributed by atoms with E-state index in [1.165, 1.54) is 0 Å². The minimum Gasteiger partial charge on any atom is -0.292 e. The summed E-state index contributed by atoms with van der Waals surface area (Å²) in [4.78, 5) is 12.6. The SMILES string of the molecule is CCSC1(C(=O)c2ccccc2)CCCS1=O. The van der Waals surface area contributed by atoms with Crippen molar-refractivity contribution in [3.63, 3.8) is 0 Å². The van der Waals surface area contributed by atoms with Crippen LogP contribution in [0.5, 0.6) is 0 Å². The van der Waals surface area contributed by atoms with E-state index in [0.717, 1.165) is 18.6 Å². The van der Waals surface area contributed by atoms with Crippen molar-refractivity contribution in [2.75, 3.05) is 11.5 Å². The molecule has 1 aliphatic rings. The van der Waals surface area contributed by atoms with Crippen molar-refractivity contribution >= 4 is 28.3 Å². The number of carbonyl (C=O) groups is 1. The summed E-state index contributed by atoms with van der Waals surface area (Å²) >= 11 is 1.55. The van der Waals surface area contributed by atoms with Crippen LogP contribution in [0.1, 0.15) is 30.1 Å². The zero-order chi connectivity index (χ0) is 12.3. The Labute approximate surface area is 109 Å². The number of ketones is 1. The van der Waals surface area contributed by atoms with Crippen LogP contribution in [0, 0.1) is 0 Å². The number of benzene rings is 1. The van der Waals surface area contributed by atoms with Gasteiger partial charge in [0.1, 0.15) is 0 Å². The maximum atomic E-state index is 12.6. The van der Waals surface area contributed by atoms with Gasteiger partial charge in [-0.1, -0.05) is 37.3 Å². The molecule has 4 heteroatoms. The van der Waals surface area contributed by atoms with Crippen molar-refractivity contribution in [3.8, 4) is 0 Å². The third kappa shape index (κ3) is 2.33. The van der Waals surface area contributed by atoms with Gasteiger partial charge in [0, 0.05) is 22.1 Å². The number of hydrogen-bond acceptors (Lipinski definition) is 3. The molecule has 0 aliphatic carbocycles. The minimum absolute atomic E-state index is 0.0424. The molecule has 2 unspecified atom stereocenters. The normalized spacial score (nSPS) is 28.2. The van der Waals surface area contributed by atoms with Gasteiger partial charge in [0.25, 0.3) is 0 Å². The maximum Gasteiger partial charge on any atom is 0.191 e. The zero-order valence-electron chi connectivity index (χ0n) is 9.85. The minimum atomic E-state index is -1.04. The average molecular weight is 268 g/mol. The van der Waals surface area contributed by atoms with E-state index in [9.17, 15) is 9.00 Å². The summed E-state index contributed by atoms with van der Waals surface area (Å²) in [6.07, 6.45) is 1.63. The Morgan fingerprint density at radius 1 is 1.41 bits per heavy atom. The third-order valence-electron chi connectivity index (χ3n) is 2.96. The Morgan fingerprint density at radius 3 is 2.65 bits per heavy atom. The number of thioether (sulfide) groups is 1. The second-order valence-electron chi connectivity index (χ2n) is 4.03. The molecule has 0 radical (unpaired) electrons. The smallest absolute Gasteiger partial charge is 0.191 e. The molecule has 0 N–H and O–H groups in total. The molecule has 0 bridgehead atoms. The highest BCUT2D eigenvalue weighted by Gasteiger charge is 2.47. The lowest BCUT2D eigenvalue weighted by Gasteiger charge is -2.25. The monoisotopic (exact) mass is 268 g/mol. The first-order valence-corrected chi connectivity index (χ1v) is 8.13. The van der Waals surface area contributed by atoms with Gasteiger partial charge in [-0.25, -0.2) is 0 Å². The standard InChI is InChI=1S/C13H16O2S2/c1-2-16-13(9-6-10-17(13)15)12(14)11-7-4-3-5-8-11/h3-5,7-8H,2,6,9-10H2,1H3. The Kier molecular flexibility index (Phi) is 4.05. The Balaban J connectivity index is 2.35. The van der Waals surface area contributed by atoms with Crippen molar-refractivity contribution in [2.24, 2.45) is 0 Å².